The van der Waals surface area contributed by atoms with Gasteiger partial charge in [-0.25, -0.2) is 9.18 Å². The quantitative estimate of drug-likeness (QED) is 0.794. The molecule has 4 nitrogen and oxygen atoms in total. The molecule has 0 radical (unpaired) electrons. The van der Waals surface area contributed by atoms with Crippen molar-refractivity contribution >= 4 is 5.97 Å². The molecule has 0 amide bonds. The van der Waals surface area contributed by atoms with Crippen LogP contribution in [0.2, 0.25) is 0 Å². The lowest BCUT2D eigenvalue weighted by molar-refractivity contribution is 0.0600. The molecule has 0 N–H and O–H groups in total. The van der Waals surface area contributed by atoms with Crippen LogP contribution in [0.1, 0.15) is 15.9 Å². The number of esters is 1. The number of ether oxygens (including phenoxy) is 2. The maximum absolute atomic E-state index is 12.9. The highest BCUT2D eigenvalue weighted by molar-refractivity contribution is 5.89. The summed E-state index contributed by atoms with van der Waals surface area (Å²) in [5.74, 6) is -0.222. The van der Waals surface area contributed by atoms with Crippen molar-refractivity contribution in [3.8, 4) is 5.75 Å². The van der Waals surface area contributed by atoms with E-state index in [9.17, 15) is 9.18 Å². The molecule has 0 bridgehead atoms. The van der Waals surface area contributed by atoms with Gasteiger partial charge in [0.25, 0.3) is 0 Å². The van der Waals surface area contributed by atoms with Gasteiger partial charge in [-0.3, -0.25) is 4.98 Å². The smallest absolute Gasteiger partial charge is 0.337 e. The van der Waals surface area contributed by atoms with Crippen LogP contribution in [-0.2, 0) is 11.3 Å². The molecule has 5 heteroatoms. The van der Waals surface area contributed by atoms with E-state index in [1.807, 2.05) is 0 Å². The van der Waals surface area contributed by atoms with E-state index in [-0.39, 0.29) is 6.61 Å². The summed E-state index contributed by atoms with van der Waals surface area (Å²) in [6.07, 6.45) is 2.67. The van der Waals surface area contributed by atoms with Crippen LogP contribution >= 0.6 is 0 Å². The monoisotopic (exact) mass is 261 g/mol. The van der Waals surface area contributed by atoms with E-state index in [0.29, 0.717) is 16.9 Å². The van der Waals surface area contributed by atoms with Crippen LogP contribution in [0.5, 0.6) is 5.75 Å². The number of nitrogens with zero attached hydrogens (tertiary/aromatic N) is 1. The van der Waals surface area contributed by atoms with E-state index in [4.69, 9.17) is 4.74 Å². The zero-order chi connectivity index (χ0) is 13.7. The van der Waals surface area contributed by atoms with E-state index >= 15 is 0 Å². The lowest BCUT2D eigenvalue weighted by Crippen LogP contribution is -2.01. The van der Waals surface area contributed by atoms with Crippen molar-refractivity contribution in [3.63, 3.8) is 0 Å². The second kappa shape index (κ2) is 5.95. The molecule has 1 aromatic carbocycles. The zero-order valence-electron chi connectivity index (χ0n) is 10.3. The number of aromatic nitrogens is 1. The summed E-state index contributed by atoms with van der Waals surface area (Å²) < 4.78 is 22.9. The Morgan fingerprint density at radius 3 is 2.63 bits per heavy atom. The summed E-state index contributed by atoms with van der Waals surface area (Å²) in [6, 6.07) is 7.86. The molecule has 19 heavy (non-hydrogen) atoms. The van der Waals surface area contributed by atoms with Crippen molar-refractivity contribution < 1.29 is 18.7 Å². The third-order valence-corrected chi connectivity index (χ3v) is 2.44. The number of carbonyl (C=O) groups is 1. The number of carbonyl (C=O) groups excluding carboxylic acids is 1. The largest absolute Gasteiger partial charge is 0.489 e. The Labute approximate surface area is 109 Å². The van der Waals surface area contributed by atoms with Gasteiger partial charge >= 0.3 is 5.97 Å². The molecule has 0 fully saturated rings. The molecule has 0 aliphatic heterocycles. The SMILES string of the molecule is COC(=O)c1ccc(OCc2cncc(F)c2)cc1. The first kappa shape index (κ1) is 13.0. The highest BCUT2D eigenvalue weighted by atomic mass is 19.1. The molecule has 0 saturated carbocycles. The van der Waals surface area contributed by atoms with Gasteiger partial charge in [-0.1, -0.05) is 0 Å². The molecule has 0 aliphatic carbocycles. The summed E-state index contributed by atoms with van der Waals surface area (Å²) in [4.78, 5) is 15.0. The van der Waals surface area contributed by atoms with Gasteiger partial charge in [0.15, 0.2) is 0 Å². The van der Waals surface area contributed by atoms with Crippen LogP contribution in [0.4, 0.5) is 4.39 Å². The highest BCUT2D eigenvalue weighted by Crippen LogP contribution is 2.14. The van der Waals surface area contributed by atoms with Gasteiger partial charge in [-0.15, -0.1) is 0 Å². The molecule has 1 aromatic heterocycles. The fourth-order valence-corrected chi connectivity index (χ4v) is 1.51. The normalized spacial score (nSPS) is 10.0. The summed E-state index contributed by atoms with van der Waals surface area (Å²) >= 11 is 0. The maximum Gasteiger partial charge on any atom is 0.337 e. The molecule has 0 saturated heterocycles. The Bertz CT molecular complexity index is 569. The first-order valence-corrected chi connectivity index (χ1v) is 5.59. The van der Waals surface area contributed by atoms with Crippen molar-refractivity contribution in [3.05, 3.63) is 59.7 Å². The maximum atomic E-state index is 12.9. The molecule has 2 aromatic rings. The Hall–Kier alpha value is -2.43. The van der Waals surface area contributed by atoms with Crippen molar-refractivity contribution in [2.45, 2.75) is 6.61 Å². The van der Waals surface area contributed by atoms with Gasteiger partial charge in [0.05, 0.1) is 18.9 Å². The number of benzene rings is 1. The highest BCUT2D eigenvalue weighted by Gasteiger charge is 2.05. The third-order valence-electron chi connectivity index (χ3n) is 2.44. The Morgan fingerprint density at radius 2 is 2.00 bits per heavy atom. The third kappa shape index (κ3) is 3.51. The first-order chi connectivity index (χ1) is 9.19. The molecular weight excluding hydrogens is 249 g/mol. The van der Waals surface area contributed by atoms with Crippen molar-refractivity contribution in [2.24, 2.45) is 0 Å². The Kier molecular flexibility index (Phi) is 4.07. The number of hydrogen-bond acceptors (Lipinski definition) is 4. The number of hydrogen-bond donors (Lipinski definition) is 0. The lowest BCUT2D eigenvalue weighted by Gasteiger charge is -2.06. The summed E-state index contributed by atoms with van der Waals surface area (Å²) in [6.45, 7) is 0.211. The van der Waals surface area contributed by atoms with Crippen molar-refractivity contribution in [1.82, 2.24) is 4.98 Å². The van der Waals surface area contributed by atoms with Crippen LogP contribution in [0.3, 0.4) is 0 Å². The van der Waals surface area contributed by atoms with Crippen LogP contribution in [0.25, 0.3) is 0 Å². The minimum Gasteiger partial charge on any atom is -0.489 e. The average molecular weight is 261 g/mol. The second-order valence-corrected chi connectivity index (χ2v) is 3.82. The predicted octanol–water partition coefficient (Wildman–Crippen LogP) is 2.59. The van der Waals surface area contributed by atoms with E-state index in [0.717, 1.165) is 6.20 Å². The number of pyridine rings is 1. The fraction of sp³-hybridized carbons (Fsp3) is 0.143. The van der Waals surface area contributed by atoms with E-state index in [1.165, 1.54) is 19.4 Å². The van der Waals surface area contributed by atoms with Crippen LogP contribution in [0.15, 0.2) is 42.7 Å². The van der Waals surface area contributed by atoms with E-state index < -0.39 is 11.8 Å². The molecule has 1 heterocycles. The van der Waals surface area contributed by atoms with Crippen LogP contribution < -0.4 is 4.74 Å². The molecule has 98 valence electrons. The number of methoxy groups -OCH3 is 1. The summed E-state index contributed by atoms with van der Waals surface area (Å²) in [5.41, 5.74) is 1.08. The van der Waals surface area contributed by atoms with Gasteiger partial charge < -0.3 is 9.47 Å². The standard InChI is InChI=1S/C14H12FNO3/c1-18-14(17)11-2-4-13(5-3-11)19-9-10-6-12(15)8-16-7-10/h2-8H,9H2,1H3. The molecule has 2 rings (SSSR count). The van der Waals surface area contributed by atoms with Crippen molar-refractivity contribution in [2.75, 3.05) is 7.11 Å². The first-order valence-electron chi connectivity index (χ1n) is 5.59. The molecule has 0 spiro atoms. The predicted molar refractivity (Wildman–Crippen MR) is 66.3 cm³/mol. The number of rotatable bonds is 4. The molecule has 0 unspecified atom stereocenters. The fourth-order valence-electron chi connectivity index (χ4n) is 1.51. The lowest BCUT2D eigenvalue weighted by atomic mass is 10.2. The Morgan fingerprint density at radius 1 is 1.26 bits per heavy atom. The van der Waals surface area contributed by atoms with Crippen molar-refractivity contribution in [1.29, 1.82) is 0 Å². The average Bonchev–Trinajstić information content (AvgIpc) is 2.45. The minimum absolute atomic E-state index is 0.211. The molecule has 0 aliphatic rings. The van der Waals surface area contributed by atoms with Gasteiger partial charge in [-0.05, 0) is 30.3 Å². The Balaban J connectivity index is 1.98. The van der Waals surface area contributed by atoms with Crippen LogP contribution in [0, 0.1) is 5.82 Å². The van der Waals surface area contributed by atoms with E-state index in [1.54, 1.807) is 24.3 Å². The zero-order valence-corrected chi connectivity index (χ0v) is 10.3. The van der Waals surface area contributed by atoms with E-state index in [2.05, 4.69) is 9.72 Å². The summed E-state index contributed by atoms with van der Waals surface area (Å²) in [7, 11) is 1.32. The minimum atomic E-state index is -0.402. The van der Waals surface area contributed by atoms with Crippen LogP contribution in [-0.4, -0.2) is 18.1 Å². The van der Waals surface area contributed by atoms with Gasteiger partial charge in [-0.2, -0.15) is 0 Å². The molecule has 0 atom stereocenters. The van der Waals surface area contributed by atoms with Gasteiger partial charge in [0.1, 0.15) is 18.2 Å². The second-order valence-electron chi connectivity index (χ2n) is 3.82. The topological polar surface area (TPSA) is 48.4 Å². The number of halogens is 1. The molecular formula is C14H12FNO3. The van der Waals surface area contributed by atoms with Gasteiger partial charge in [0, 0.05) is 11.8 Å². The van der Waals surface area contributed by atoms with Gasteiger partial charge in [0.2, 0.25) is 0 Å². The summed E-state index contributed by atoms with van der Waals surface area (Å²) in [5, 5.41) is 0.